The molecule has 60 valence electrons. The van der Waals surface area contributed by atoms with Gasteiger partial charge in [0.1, 0.15) is 0 Å². The Morgan fingerprint density at radius 1 is 1.30 bits per heavy atom. The minimum Gasteiger partial charge on any atom is -0.202 e. The molecule has 0 saturated carbocycles. The third-order valence-corrected chi connectivity index (χ3v) is 1.43. The highest BCUT2D eigenvalue weighted by molar-refractivity contribution is 7.46. The Labute approximate surface area is 59.6 Å². The van der Waals surface area contributed by atoms with Crippen LogP contribution in [0.1, 0.15) is 13.8 Å². The molecule has 0 aromatic rings. The van der Waals surface area contributed by atoms with Gasteiger partial charge in [-0.3, -0.25) is 0 Å². The minimum absolute atomic E-state index is 2.00. The molecule has 0 aliphatic carbocycles. The van der Waals surface area contributed by atoms with Crippen molar-refractivity contribution in [3.05, 3.63) is 0 Å². The first-order valence-electron chi connectivity index (χ1n) is 2.30. The normalized spacial score (nSPS) is 11.2. The zero-order valence-corrected chi connectivity index (χ0v) is 7.21. The van der Waals surface area contributed by atoms with E-state index in [-0.39, 0.29) is 0 Å². The van der Waals surface area contributed by atoms with Crippen LogP contribution in [0.25, 0.3) is 0 Å². The van der Waals surface area contributed by atoms with E-state index < -0.39 is 16.5 Å². The van der Waals surface area contributed by atoms with Gasteiger partial charge in [0.05, 0.1) is 4.67 Å². The van der Waals surface area contributed by atoms with Gasteiger partial charge in [-0.05, 0) is 0 Å². The van der Waals surface area contributed by atoms with Crippen LogP contribution in [0.5, 0.6) is 0 Å². The highest BCUT2D eigenvalue weighted by atomic mass is 31.2. The van der Waals surface area contributed by atoms with Crippen molar-refractivity contribution in [1.82, 2.24) is 0 Å². The predicted octanol–water partition coefficient (Wildman–Crippen LogP) is 1.83. The second-order valence-electron chi connectivity index (χ2n) is 0.625. The lowest BCUT2D eigenvalue weighted by Gasteiger charge is -1.59. The summed E-state index contributed by atoms with van der Waals surface area (Å²) in [6.45, 7) is 4.00. The molecular weight excluding hydrogens is 182 g/mol. The minimum atomic E-state index is -2.96. The van der Waals surface area contributed by atoms with Crippen LogP contribution in [0.4, 0.5) is 0 Å². The summed E-state index contributed by atoms with van der Waals surface area (Å²) >= 11 is 0. The summed E-state index contributed by atoms with van der Waals surface area (Å²) in [5, 5.41) is 7.44. The molecule has 2 unspecified atom stereocenters. The lowest BCUT2D eigenvalue weighted by atomic mass is 11.0. The smallest absolute Gasteiger partial charge is 0.202 e. The molecule has 6 nitrogen and oxygen atoms in total. The molecule has 2 N–H and O–H groups in total. The molecular formula is C2H8O6P2+2. The van der Waals surface area contributed by atoms with Crippen LogP contribution in [0.3, 0.4) is 0 Å². The van der Waals surface area contributed by atoms with Crippen LogP contribution in [0, 0.1) is 0 Å². The lowest BCUT2D eigenvalue weighted by Crippen LogP contribution is -1.67. The Hall–Kier alpha value is 0.0400. The van der Waals surface area contributed by atoms with E-state index in [0.717, 1.165) is 0 Å². The van der Waals surface area contributed by atoms with Crippen LogP contribution in [-0.4, -0.2) is 10.2 Å². The molecule has 0 spiro atoms. The maximum absolute atomic E-state index is 9.73. The SMILES string of the molecule is CC.O=[P+](O)O[P+](=O)OO. The van der Waals surface area contributed by atoms with E-state index in [1.54, 1.807) is 0 Å². The number of rotatable bonds is 3. The van der Waals surface area contributed by atoms with Crippen LogP contribution < -0.4 is 0 Å². The number of hydrogen-bond acceptors (Lipinski definition) is 5. The van der Waals surface area contributed by atoms with E-state index in [0.29, 0.717) is 0 Å². The molecule has 0 bridgehead atoms. The van der Waals surface area contributed by atoms with E-state index in [2.05, 4.69) is 8.99 Å². The monoisotopic (exact) mass is 190 g/mol. The standard InChI is InChI=1S/C2H6.O6P2/c1-2;1-5-8(4)6-7(2)3/h1-2H3;/p+2. The quantitative estimate of drug-likeness (QED) is 0.400. The first-order chi connectivity index (χ1) is 4.66. The van der Waals surface area contributed by atoms with Gasteiger partial charge < -0.3 is 0 Å². The summed E-state index contributed by atoms with van der Waals surface area (Å²) in [6, 6.07) is 0. The Morgan fingerprint density at radius 3 is 1.80 bits per heavy atom. The maximum atomic E-state index is 9.73. The fourth-order valence-electron chi connectivity index (χ4n) is 0.0719. The van der Waals surface area contributed by atoms with Crippen molar-refractivity contribution in [2.75, 3.05) is 0 Å². The van der Waals surface area contributed by atoms with Gasteiger partial charge in [-0.1, -0.05) is 13.8 Å². The Balaban J connectivity index is 0. The molecule has 0 aliphatic rings. The van der Waals surface area contributed by atoms with E-state index in [9.17, 15) is 9.13 Å². The summed E-state index contributed by atoms with van der Waals surface area (Å²) < 4.78 is 25.8. The molecule has 2 atom stereocenters. The molecule has 0 aromatic heterocycles. The maximum Gasteiger partial charge on any atom is 0.778 e. The molecule has 8 heteroatoms. The molecule has 0 aromatic carbocycles. The topological polar surface area (TPSA) is 93.1 Å². The first kappa shape index (κ1) is 12.7. The summed E-state index contributed by atoms with van der Waals surface area (Å²) in [4.78, 5) is 7.77. The molecule has 10 heavy (non-hydrogen) atoms. The van der Waals surface area contributed by atoms with E-state index in [1.807, 2.05) is 13.8 Å². The van der Waals surface area contributed by atoms with Gasteiger partial charge in [0, 0.05) is 9.13 Å². The fraction of sp³-hybridized carbons (Fsp3) is 1.00. The summed E-state index contributed by atoms with van der Waals surface area (Å²) in [5.74, 6) is 0. The lowest BCUT2D eigenvalue weighted by molar-refractivity contribution is -0.137. The zero-order chi connectivity index (χ0) is 8.57. The van der Waals surface area contributed by atoms with E-state index in [1.165, 1.54) is 0 Å². The van der Waals surface area contributed by atoms with Gasteiger partial charge in [0.2, 0.25) is 0 Å². The summed E-state index contributed by atoms with van der Waals surface area (Å²) in [5.41, 5.74) is 0. The van der Waals surface area contributed by atoms with Crippen molar-refractivity contribution in [2.24, 2.45) is 0 Å². The molecule has 0 radical (unpaired) electrons. The van der Waals surface area contributed by atoms with Crippen LogP contribution >= 0.6 is 16.5 Å². The second-order valence-corrected chi connectivity index (χ2v) is 2.36. The van der Waals surface area contributed by atoms with Crippen molar-refractivity contribution in [1.29, 1.82) is 0 Å². The number of hydrogen-bond donors (Lipinski definition) is 2. The van der Waals surface area contributed by atoms with Crippen molar-refractivity contribution < 1.29 is 28.3 Å². The van der Waals surface area contributed by atoms with E-state index >= 15 is 0 Å². The second kappa shape index (κ2) is 9.04. The van der Waals surface area contributed by atoms with Gasteiger partial charge in [-0.15, -0.1) is 4.89 Å². The molecule has 0 amide bonds. The fourth-order valence-corrected chi connectivity index (χ4v) is 0.647. The molecule has 0 heterocycles. The average Bonchev–Trinajstić information content (AvgIpc) is 1.91. The van der Waals surface area contributed by atoms with Gasteiger partial charge in [-0.2, -0.15) is 0 Å². The summed E-state index contributed by atoms with van der Waals surface area (Å²) in [7, 11) is -5.81. The molecule has 0 rings (SSSR count). The third kappa shape index (κ3) is 10.9. The van der Waals surface area contributed by atoms with Crippen molar-refractivity contribution in [2.45, 2.75) is 13.8 Å². The van der Waals surface area contributed by atoms with Crippen molar-refractivity contribution in [3.8, 4) is 0 Å². The van der Waals surface area contributed by atoms with Crippen molar-refractivity contribution in [3.63, 3.8) is 0 Å². The van der Waals surface area contributed by atoms with Gasteiger partial charge >= 0.3 is 16.5 Å². The summed E-state index contributed by atoms with van der Waals surface area (Å²) in [6.07, 6.45) is 0. The van der Waals surface area contributed by atoms with Gasteiger partial charge in [-0.25, -0.2) is 5.26 Å². The van der Waals surface area contributed by atoms with Crippen molar-refractivity contribution >= 4 is 16.5 Å². The largest absolute Gasteiger partial charge is 0.778 e. The van der Waals surface area contributed by atoms with Crippen LogP contribution in [0.15, 0.2) is 0 Å². The highest BCUT2D eigenvalue weighted by Crippen LogP contribution is 2.34. The third-order valence-electron chi connectivity index (χ3n) is 0.203. The zero-order valence-electron chi connectivity index (χ0n) is 5.42. The molecule has 0 aliphatic heterocycles. The van der Waals surface area contributed by atoms with Crippen LogP contribution in [-0.2, 0) is 18.1 Å². The molecule has 0 saturated heterocycles. The van der Waals surface area contributed by atoms with Crippen LogP contribution in [0.2, 0.25) is 0 Å². The average molecular weight is 190 g/mol. The first-order valence-corrected chi connectivity index (χ1v) is 4.52. The Morgan fingerprint density at radius 2 is 1.70 bits per heavy atom. The Bertz CT molecular complexity index is 112. The van der Waals surface area contributed by atoms with E-state index in [4.69, 9.17) is 10.2 Å². The Kier molecular flexibility index (Phi) is 11.5. The molecule has 0 fully saturated rings. The van der Waals surface area contributed by atoms with Gasteiger partial charge in [0.25, 0.3) is 0 Å². The predicted molar refractivity (Wildman–Crippen MR) is 33.6 cm³/mol. The van der Waals surface area contributed by atoms with Gasteiger partial charge in [0.15, 0.2) is 4.31 Å². The highest BCUT2D eigenvalue weighted by Gasteiger charge is 2.36.